The highest BCUT2D eigenvalue weighted by Gasteiger charge is 2.12. The third-order valence-corrected chi connectivity index (χ3v) is 5.21. The first kappa shape index (κ1) is 14.3. The first-order valence-corrected chi connectivity index (χ1v) is 8.77. The molecule has 0 aliphatic carbocycles. The lowest BCUT2D eigenvalue weighted by molar-refractivity contribution is 0.883. The van der Waals surface area contributed by atoms with E-state index in [1.807, 2.05) is 35.8 Å². The number of aromatic nitrogens is 6. The van der Waals surface area contributed by atoms with Crippen LogP contribution in [0.2, 0.25) is 0 Å². The van der Waals surface area contributed by atoms with Gasteiger partial charge in [-0.1, -0.05) is 11.8 Å². The lowest BCUT2D eigenvalue weighted by Crippen LogP contribution is -2.09. The van der Waals surface area contributed by atoms with Gasteiger partial charge in [-0.05, 0) is 31.4 Å². The number of rotatable bonds is 3. The van der Waals surface area contributed by atoms with E-state index in [9.17, 15) is 4.79 Å². The van der Waals surface area contributed by atoms with Crippen LogP contribution in [0.4, 0.5) is 0 Å². The van der Waals surface area contributed by atoms with Crippen LogP contribution in [0.1, 0.15) is 17.2 Å². The zero-order chi connectivity index (χ0) is 16.0. The summed E-state index contributed by atoms with van der Waals surface area (Å²) >= 11 is 2.87. The van der Waals surface area contributed by atoms with Crippen molar-refractivity contribution in [1.29, 1.82) is 0 Å². The van der Waals surface area contributed by atoms with E-state index in [1.54, 1.807) is 0 Å². The smallest absolute Gasteiger partial charge is 0.268 e. The van der Waals surface area contributed by atoms with Gasteiger partial charge in [0.25, 0.3) is 11.3 Å². The van der Waals surface area contributed by atoms with Crippen molar-refractivity contribution in [3.8, 4) is 0 Å². The summed E-state index contributed by atoms with van der Waals surface area (Å²) < 4.78 is 2.56. The van der Waals surface area contributed by atoms with Gasteiger partial charge in [0.05, 0.1) is 11.3 Å². The summed E-state index contributed by atoms with van der Waals surface area (Å²) in [4.78, 5) is 23.6. The zero-order valence-corrected chi connectivity index (χ0v) is 14.0. The topological polar surface area (TPSA) is 88.8 Å². The van der Waals surface area contributed by atoms with Crippen LogP contribution < -0.4 is 5.56 Å². The molecule has 4 aromatic rings. The monoisotopic (exact) mass is 344 g/mol. The molecule has 0 unspecified atom stereocenters. The van der Waals surface area contributed by atoms with Crippen molar-refractivity contribution < 1.29 is 0 Å². The molecule has 0 aromatic carbocycles. The number of nitrogens with zero attached hydrogens (tertiary/aromatic N) is 5. The molecule has 1 N–H and O–H groups in total. The second-order valence-corrected chi connectivity index (χ2v) is 6.95. The number of H-pyrrole nitrogens is 1. The van der Waals surface area contributed by atoms with Crippen LogP contribution in [-0.4, -0.2) is 29.5 Å². The number of hydrogen-bond acceptors (Lipinski definition) is 7. The molecule has 0 atom stereocenters. The fraction of sp³-hybridized carbons (Fsp3) is 0.214. The maximum Gasteiger partial charge on any atom is 0.268 e. The Morgan fingerprint density at radius 2 is 2.17 bits per heavy atom. The number of thioether (sulfide) groups is 1. The van der Waals surface area contributed by atoms with Crippen LogP contribution in [-0.2, 0) is 5.75 Å². The minimum Gasteiger partial charge on any atom is -0.309 e. The summed E-state index contributed by atoms with van der Waals surface area (Å²) in [6, 6.07) is 3.84. The van der Waals surface area contributed by atoms with Crippen LogP contribution in [0, 0.1) is 13.8 Å². The van der Waals surface area contributed by atoms with E-state index in [-0.39, 0.29) is 5.56 Å². The first-order valence-electron chi connectivity index (χ1n) is 6.90. The molecule has 0 amide bonds. The molecule has 0 radical (unpaired) electrons. The highest BCUT2D eigenvalue weighted by atomic mass is 32.2. The lowest BCUT2D eigenvalue weighted by Gasteiger charge is -2.04. The molecule has 0 saturated carbocycles. The van der Waals surface area contributed by atoms with Gasteiger partial charge in [-0.3, -0.25) is 9.20 Å². The molecule has 4 aromatic heterocycles. The van der Waals surface area contributed by atoms with Gasteiger partial charge in [-0.15, -0.1) is 21.5 Å². The lowest BCUT2D eigenvalue weighted by atomic mass is 10.3. The van der Waals surface area contributed by atoms with Crippen LogP contribution in [0.3, 0.4) is 0 Å². The van der Waals surface area contributed by atoms with E-state index in [0.717, 1.165) is 22.1 Å². The molecule has 7 nitrogen and oxygen atoms in total. The fourth-order valence-electron chi connectivity index (χ4n) is 2.42. The molecule has 116 valence electrons. The van der Waals surface area contributed by atoms with Crippen molar-refractivity contribution in [3.05, 3.63) is 45.1 Å². The average Bonchev–Trinajstić information content (AvgIpc) is 3.11. The van der Waals surface area contributed by atoms with Crippen LogP contribution >= 0.6 is 23.1 Å². The maximum atomic E-state index is 12.0. The molecule has 0 aliphatic heterocycles. The number of aryl methyl sites for hydroxylation is 2. The van der Waals surface area contributed by atoms with Crippen molar-refractivity contribution >= 4 is 39.1 Å². The Hall–Kier alpha value is -2.26. The van der Waals surface area contributed by atoms with E-state index < -0.39 is 0 Å². The second kappa shape index (κ2) is 5.43. The molecule has 9 heteroatoms. The normalized spacial score (nSPS) is 11.6. The van der Waals surface area contributed by atoms with Gasteiger partial charge in [0.2, 0.25) is 0 Å². The predicted octanol–water partition coefficient (Wildman–Crippen LogP) is 2.33. The summed E-state index contributed by atoms with van der Waals surface area (Å²) in [5.41, 5.74) is 2.57. The summed E-state index contributed by atoms with van der Waals surface area (Å²) in [6.45, 7) is 3.92. The highest BCUT2D eigenvalue weighted by Crippen LogP contribution is 2.22. The quantitative estimate of drug-likeness (QED) is 0.574. The van der Waals surface area contributed by atoms with E-state index in [1.165, 1.54) is 23.1 Å². The Morgan fingerprint density at radius 3 is 3.04 bits per heavy atom. The summed E-state index contributed by atoms with van der Waals surface area (Å²) in [5.74, 6) is 1.72. The number of fused-ring (bicyclic) bond motifs is 2. The van der Waals surface area contributed by atoms with Gasteiger partial charge in [-0.25, -0.2) is 9.97 Å². The van der Waals surface area contributed by atoms with Gasteiger partial charge in [0.1, 0.15) is 10.5 Å². The Labute approximate surface area is 138 Å². The molecule has 0 aliphatic rings. The third kappa shape index (κ3) is 2.51. The Balaban J connectivity index is 1.67. The molecule has 0 fully saturated rings. The molecular formula is C14H12N6OS2. The number of nitrogens with one attached hydrogen (secondary N) is 1. The van der Waals surface area contributed by atoms with Gasteiger partial charge < -0.3 is 4.98 Å². The molecule has 0 saturated heterocycles. The minimum absolute atomic E-state index is 0.0971. The van der Waals surface area contributed by atoms with Crippen LogP contribution in [0.25, 0.3) is 16.0 Å². The summed E-state index contributed by atoms with van der Waals surface area (Å²) in [6.07, 6.45) is 0. The molecular weight excluding hydrogens is 332 g/mol. The van der Waals surface area contributed by atoms with E-state index in [4.69, 9.17) is 0 Å². The third-order valence-electron chi connectivity index (χ3n) is 3.36. The molecule has 0 spiro atoms. The second-order valence-electron chi connectivity index (χ2n) is 5.09. The molecule has 4 rings (SSSR count). The molecule has 23 heavy (non-hydrogen) atoms. The number of thiophene rings is 1. The van der Waals surface area contributed by atoms with Crippen LogP contribution in [0.15, 0.2) is 27.5 Å². The van der Waals surface area contributed by atoms with Gasteiger partial charge in [0, 0.05) is 11.4 Å². The van der Waals surface area contributed by atoms with Crippen molar-refractivity contribution in [2.45, 2.75) is 24.8 Å². The number of aromatic amines is 1. The predicted molar refractivity (Wildman–Crippen MR) is 90.1 cm³/mol. The Kier molecular flexibility index (Phi) is 3.38. The fourth-order valence-corrected chi connectivity index (χ4v) is 4.00. The van der Waals surface area contributed by atoms with Crippen molar-refractivity contribution in [2.75, 3.05) is 0 Å². The highest BCUT2D eigenvalue weighted by molar-refractivity contribution is 7.98. The standard InChI is InChI=1S/C14H12N6OS2/c1-7-5-8(2)20-13(15-7)18-19-14(20)23-6-10-16-9-3-4-22-11(9)12(21)17-10/h3-5H,6H2,1-2H3,(H,16,17,21). The van der Waals surface area contributed by atoms with Gasteiger partial charge >= 0.3 is 0 Å². The SMILES string of the molecule is Cc1cc(C)n2c(SCc3nc4ccsc4c(=O)[nH]3)nnc2n1. The van der Waals surface area contributed by atoms with Crippen molar-refractivity contribution in [2.24, 2.45) is 0 Å². The number of hydrogen-bond donors (Lipinski definition) is 1. The zero-order valence-electron chi connectivity index (χ0n) is 12.4. The van der Waals surface area contributed by atoms with Gasteiger partial charge in [-0.2, -0.15) is 0 Å². The first-order chi connectivity index (χ1) is 11.1. The summed E-state index contributed by atoms with van der Waals surface area (Å²) in [7, 11) is 0. The summed E-state index contributed by atoms with van der Waals surface area (Å²) in [5, 5.41) is 10.9. The van der Waals surface area contributed by atoms with E-state index >= 15 is 0 Å². The minimum atomic E-state index is -0.0971. The van der Waals surface area contributed by atoms with Crippen molar-refractivity contribution in [1.82, 2.24) is 29.5 Å². The largest absolute Gasteiger partial charge is 0.309 e. The molecule has 4 heterocycles. The molecule has 0 bridgehead atoms. The average molecular weight is 344 g/mol. The Bertz CT molecular complexity index is 1080. The van der Waals surface area contributed by atoms with Gasteiger partial charge in [0.15, 0.2) is 5.16 Å². The maximum absolute atomic E-state index is 12.0. The Morgan fingerprint density at radius 1 is 1.30 bits per heavy atom. The van der Waals surface area contributed by atoms with Crippen molar-refractivity contribution in [3.63, 3.8) is 0 Å². The van der Waals surface area contributed by atoms with Crippen LogP contribution in [0.5, 0.6) is 0 Å². The van der Waals surface area contributed by atoms with E-state index in [2.05, 4.69) is 25.1 Å². The van der Waals surface area contributed by atoms with E-state index in [0.29, 0.717) is 22.1 Å².